The molecule has 9 heteroatoms. The van der Waals surface area contributed by atoms with Crippen LogP contribution in [0.2, 0.25) is 0 Å². The third kappa shape index (κ3) is 2.20. The van der Waals surface area contributed by atoms with Crippen molar-refractivity contribution in [3.05, 3.63) is 24.2 Å². The minimum Gasteiger partial charge on any atom is -0.481 e. The number of likely N-dealkylation sites (tertiary alicyclic amines) is 1. The van der Waals surface area contributed by atoms with E-state index in [-0.39, 0.29) is 32.1 Å². The summed E-state index contributed by atoms with van der Waals surface area (Å²) in [7, 11) is -3.45. The molecule has 0 bridgehead atoms. The van der Waals surface area contributed by atoms with E-state index in [4.69, 9.17) is 4.42 Å². The first-order valence-corrected chi connectivity index (χ1v) is 8.59. The Labute approximate surface area is 127 Å². The molecule has 0 spiro atoms. The number of hydrogen-bond donors (Lipinski definition) is 1. The van der Waals surface area contributed by atoms with Gasteiger partial charge in [-0.25, -0.2) is 12.7 Å². The fourth-order valence-electron chi connectivity index (χ4n) is 3.30. The van der Waals surface area contributed by atoms with Gasteiger partial charge in [0.15, 0.2) is 0 Å². The Morgan fingerprint density at radius 2 is 2.09 bits per heavy atom. The molecule has 2 atom stereocenters. The predicted molar refractivity (Wildman–Crippen MR) is 74.6 cm³/mol. The molecule has 22 heavy (non-hydrogen) atoms. The highest BCUT2D eigenvalue weighted by atomic mass is 32.2. The average Bonchev–Trinajstić information content (AvgIpc) is 3.10. The molecule has 2 fully saturated rings. The van der Waals surface area contributed by atoms with Gasteiger partial charge in [-0.15, -0.1) is 0 Å². The van der Waals surface area contributed by atoms with Crippen molar-refractivity contribution >= 4 is 21.9 Å². The lowest BCUT2D eigenvalue weighted by Gasteiger charge is -2.24. The van der Waals surface area contributed by atoms with Crippen LogP contribution in [0.4, 0.5) is 0 Å². The maximum atomic E-state index is 12.3. The first-order chi connectivity index (χ1) is 10.2. The van der Waals surface area contributed by atoms with Crippen LogP contribution in [0, 0.1) is 11.3 Å². The van der Waals surface area contributed by atoms with E-state index in [0.717, 1.165) is 6.26 Å². The summed E-state index contributed by atoms with van der Waals surface area (Å²) in [4.78, 5) is 25.5. The zero-order valence-electron chi connectivity index (χ0n) is 11.9. The summed E-state index contributed by atoms with van der Waals surface area (Å²) in [6.45, 7) is 0.257. The lowest BCUT2D eigenvalue weighted by Crippen LogP contribution is -2.42. The summed E-state index contributed by atoms with van der Waals surface area (Å²) in [5.41, 5.74) is -0.872. The van der Waals surface area contributed by atoms with Crippen LogP contribution in [0.1, 0.15) is 10.4 Å². The van der Waals surface area contributed by atoms with Gasteiger partial charge in [0.05, 0.1) is 18.1 Å². The normalized spacial score (nSPS) is 28.8. The number of nitrogens with zero attached hydrogens (tertiary/aromatic N) is 2. The molecule has 120 valence electrons. The van der Waals surface area contributed by atoms with Crippen molar-refractivity contribution in [1.82, 2.24) is 9.21 Å². The van der Waals surface area contributed by atoms with Crippen LogP contribution in [0.5, 0.6) is 0 Å². The number of aliphatic carboxylic acids is 1. The van der Waals surface area contributed by atoms with E-state index in [0.29, 0.717) is 5.56 Å². The molecule has 0 radical (unpaired) electrons. The minimum absolute atomic E-state index is 0.00301. The van der Waals surface area contributed by atoms with Crippen LogP contribution in [0.3, 0.4) is 0 Å². The summed E-state index contributed by atoms with van der Waals surface area (Å²) < 4.78 is 29.4. The summed E-state index contributed by atoms with van der Waals surface area (Å²) in [6.07, 6.45) is 3.76. The van der Waals surface area contributed by atoms with E-state index in [9.17, 15) is 23.1 Å². The highest BCUT2D eigenvalue weighted by Gasteiger charge is 2.60. The number of sulfonamides is 1. The van der Waals surface area contributed by atoms with Gasteiger partial charge in [-0.05, 0) is 6.07 Å². The highest BCUT2D eigenvalue weighted by Crippen LogP contribution is 2.44. The lowest BCUT2D eigenvalue weighted by atomic mass is 9.81. The summed E-state index contributed by atoms with van der Waals surface area (Å²) in [6, 6.07) is 1.52. The molecular weight excluding hydrogens is 312 g/mol. The van der Waals surface area contributed by atoms with Crippen LogP contribution in [0.25, 0.3) is 0 Å². The van der Waals surface area contributed by atoms with Crippen molar-refractivity contribution in [3.63, 3.8) is 0 Å². The molecule has 1 aromatic rings. The second kappa shape index (κ2) is 4.82. The zero-order chi connectivity index (χ0) is 16.1. The maximum absolute atomic E-state index is 12.3. The lowest BCUT2D eigenvalue weighted by molar-refractivity contribution is -0.148. The summed E-state index contributed by atoms with van der Waals surface area (Å²) in [5, 5.41) is 9.61. The highest BCUT2D eigenvalue weighted by molar-refractivity contribution is 7.88. The summed E-state index contributed by atoms with van der Waals surface area (Å²) >= 11 is 0. The van der Waals surface area contributed by atoms with Crippen LogP contribution >= 0.6 is 0 Å². The van der Waals surface area contributed by atoms with Crippen molar-refractivity contribution in [1.29, 1.82) is 0 Å². The van der Waals surface area contributed by atoms with Gasteiger partial charge in [0.2, 0.25) is 10.0 Å². The number of rotatable bonds is 3. The molecule has 0 aliphatic carbocycles. The van der Waals surface area contributed by atoms with Gasteiger partial charge in [0.25, 0.3) is 5.91 Å². The van der Waals surface area contributed by atoms with E-state index < -0.39 is 27.3 Å². The van der Waals surface area contributed by atoms with Gasteiger partial charge in [0, 0.05) is 32.1 Å². The van der Waals surface area contributed by atoms with E-state index in [1.807, 2.05) is 0 Å². The molecule has 0 aromatic carbocycles. The first kappa shape index (κ1) is 15.0. The van der Waals surface area contributed by atoms with Gasteiger partial charge in [-0.3, -0.25) is 9.59 Å². The van der Waals surface area contributed by atoms with Crippen LogP contribution in [-0.2, 0) is 14.8 Å². The van der Waals surface area contributed by atoms with Crippen LogP contribution < -0.4 is 0 Å². The van der Waals surface area contributed by atoms with Gasteiger partial charge in [0.1, 0.15) is 11.7 Å². The van der Waals surface area contributed by atoms with Gasteiger partial charge < -0.3 is 14.4 Å². The van der Waals surface area contributed by atoms with Crippen molar-refractivity contribution in [2.45, 2.75) is 0 Å². The molecule has 1 amide bonds. The number of carbonyl (C=O) groups is 2. The number of carboxylic acids is 1. The molecule has 2 saturated heterocycles. The molecule has 8 nitrogen and oxygen atoms in total. The van der Waals surface area contributed by atoms with Crippen LogP contribution in [-0.4, -0.2) is 67.0 Å². The predicted octanol–water partition coefficient (Wildman–Crippen LogP) is -0.302. The SMILES string of the molecule is CS(=O)(=O)N1C[C@@H]2CN(C(=O)c3ccoc3)C[C@]2(C(=O)O)C1. The van der Waals surface area contributed by atoms with E-state index in [2.05, 4.69) is 0 Å². The molecule has 1 N–H and O–H groups in total. The standard InChI is InChI=1S/C13H16N2O6S/c1-22(19,20)15-5-10-4-14(7-13(10,8-15)12(17)18)11(16)9-2-3-21-6-9/h2-3,6,10H,4-5,7-8H2,1H3,(H,17,18)/t10-,13-/m0/s1. The van der Waals surface area contributed by atoms with Crippen molar-refractivity contribution < 1.29 is 27.5 Å². The summed E-state index contributed by atoms with van der Waals surface area (Å²) in [5.74, 6) is -1.77. The number of fused-ring (bicyclic) bond motifs is 1. The van der Waals surface area contributed by atoms with Gasteiger partial charge in [-0.1, -0.05) is 0 Å². The van der Waals surface area contributed by atoms with Gasteiger partial charge in [-0.2, -0.15) is 0 Å². The smallest absolute Gasteiger partial charge is 0.313 e. The third-order valence-corrected chi connectivity index (χ3v) is 5.74. The number of hydrogen-bond acceptors (Lipinski definition) is 5. The maximum Gasteiger partial charge on any atom is 0.313 e. The van der Waals surface area contributed by atoms with Gasteiger partial charge >= 0.3 is 5.97 Å². The van der Waals surface area contributed by atoms with E-state index >= 15 is 0 Å². The number of carbonyl (C=O) groups excluding carboxylic acids is 1. The zero-order valence-corrected chi connectivity index (χ0v) is 12.7. The Morgan fingerprint density at radius 3 is 2.59 bits per heavy atom. The molecule has 1 aromatic heterocycles. The van der Waals surface area contributed by atoms with E-state index in [1.54, 1.807) is 0 Å². The molecule has 2 aliphatic rings. The van der Waals surface area contributed by atoms with Crippen molar-refractivity contribution in [3.8, 4) is 0 Å². The fourth-order valence-corrected chi connectivity index (χ4v) is 4.21. The second-order valence-electron chi connectivity index (χ2n) is 5.91. The Hall–Kier alpha value is -1.87. The number of carboxylic acid groups (broad SMARTS) is 1. The third-order valence-electron chi connectivity index (χ3n) is 4.53. The molecule has 0 unspecified atom stereocenters. The second-order valence-corrected chi connectivity index (χ2v) is 7.89. The molecule has 3 heterocycles. The Kier molecular flexibility index (Phi) is 3.29. The first-order valence-electron chi connectivity index (χ1n) is 6.74. The number of furan rings is 1. The molecule has 3 rings (SSSR count). The Bertz CT molecular complexity index is 713. The minimum atomic E-state index is -3.45. The topological polar surface area (TPSA) is 108 Å². The fraction of sp³-hybridized carbons (Fsp3) is 0.538. The largest absolute Gasteiger partial charge is 0.481 e. The Morgan fingerprint density at radius 1 is 1.36 bits per heavy atom. The van der Waals surface area contributed by atoms with Crippen molar-refractivity contribution in [2.24, 2.45) is 11.3 Å². The Balaban J connectivity index is 1.86. The monoisotopic (exact) mass is 328 g/mol. The molecule has 0 saturated carbocycles. The van der Waals surface area contributed by atoms with E-state index in [1.165, 1.54) is 27.8 Å². The molecule has 2 aliphatic heterocycles. The average molecular weight is 328 g/mol. The number of amides is 1. The quantitative estimate of drug-likeness (QED) is 0.816. The van der Waals surface area contributed by atoms with Crippen molar-refractivity contribution in [2.75, 3.05) is 32.4 Å². The molecular formula is C13H16N2O6S. The van der Waals surface area contributed by atoms with Crippen LogP contribution in [0.15, 0.2) is 23.0 Å².